The lowest BCUT2D eigenvalue weighted by Gasteiger charge is -2.28. The normalized spacial score (nSPS) is 11.8. The van der Waals surface area contributed by atoms with Crippen LogP contribution in [-0.2, 0) is 9.53 Å². The Morgan fingerprint density at radius 1 is 1.40 bits per heavy atom. The Morgan fingerprint density at radius 2 is 2.05 bits per heavy atom. The maximum atomic E-state index is 11.9. The standard InChI is InChI=1S/C14H20N2O4/c1-4-11(14(19)20-5-2)16(3)12-7-6-9(15)8-10(12)13(17)18/h6-8,11H,4-5,15H2,1-3H3,(H,17,18). The number of carboxylic acid groups (broad SMARTS) is 1. The van der Waals surface area contributed by atoms with Gasteiger partial charge in [0.15, 0.2) is 0 Å². The molecule has 0 aliphatic carbocycles. The van der Waals surface area contributed by atoms with E-state index in [1.54, 1.807) is 31.0 Å². The summed E-state index contributed by atoms with van der Waals surface area (Å²) in [4.78, 5) is 24.8. The van der Waals surface area contributed by atoms with E-state index in [1.165, 1.54) is 6.07 Å². The van der Waals surface area contributed by atoms with Crippen LogP contribution in [0.5, 0.6) is 0 Å². The molecule has 1 aromatic carbocycles. The minimum Gasteiger partial charge on any atom is -0.478 e. The highest BCUT2D eigenvalue weighted by atomic mass is 16.5. The molecule has 0 saturated carbocycles. The summed E-state index contributed by atoms with van der Waals surface area (Å²) < 4.78 is 5.01. The van der Waals surface area contributed by atoms with Crippen LogP contribution in [0.4, 0.5) is 11.4 Å². The molecule has 3 N–H and O–H groups in total. The van der Waals surface area contributed by atoms with Crippen molar-refractivity contribution in [3.8, 4) is 0 Å². The molecule has 0 heterocycles. The van der Waals surface area contributed by atoms with E-state index in [2.05, 4.69) is 0 Å². The third-order valence-electron chi connectivity index (χ3n) is 3.04. The van der Waals surface area contributed by atoms with E-state index in [-0.39, 0.29) is 18.1 Å². The summed E-state index contributed by atoms with van der Waals surface area (Å²) >= 11 is 0. The van der Waals surface area contributed by atoms with E-state index in [9.17, 15) is 14.7 Å². The van der Waals surface area contributed by atoms with Crippen molar-refractivity contribution < 1.29 is 19.4 Å². The molecule has 0 bridgehead atoms. The van der Waals surface area contributed by atoms with Crippen molar-refractivity contribution in [2.24, 2.45) is 0 Å². The molecule has 0 spiro atoms. The molecule has 0 radical (unpaired) electrons. The van der Waals surface area contributed by atoms with Gasteiger partial charge in [0.25, 0.3) is 0 Å². The van der Waals surface area contributed by atoms with Gasteiger partial charge in [0.05, 0.1) is 17.9 Å². The molecule has 1 rings (SSSR count). The number of hydrogen-bond donors (Lipinski definition) is 2. The van der Waals surface area contributed by atoms with Gasteiger partial charge in [-0.15, -0.1) is 0 Å². The lowest BCUT2D eigenvalue weighted by molar-refractivity contribution is -0.144. The average molecular weight is 280 g/mol. The summed E-state index contributed by atoms with van der Waals surface area (Å²) in [6.07, 6.45) is 0.513. The second kappa shape index (κ2) is 6.79. The fraction of sp³-hybridized carbons (Fsp3) is 0.429. The molecule has 0 saturated heterocycles. The second-order valence-electron chi connectivity index (χ2n) is 4.37. The first kappa shape index (κ1) is 15.8. The number of carboxylic acids is 1. The van der Waals surface area contributed by atoms with E-state index in [4.69, 9.17) is 10.5 Å². The van der Waals surface area contributed by atoms with Gasteiger partial charge in [-0.05, 0) is 31.5 Å². The van der Waals surface area contributed by atoms with E-state index < -0.39 is 12.0 Å². The average Bonchev–Trinajstić information content (AvgIpc) is 2.39. The SMILES string of the molecule is CCOC(=O)C(CC)N(C)c1ccc(N)cc1C(=O)O. The topological polar surface area (TPSA) is 92.9 Å². The molecule has 110 valence electrons. The van der Waals surface area contributed by atoms with Gasteiger partial charge in [-0.25, -0.2) is 9.59 Å². The van der Waals surface area contributed by atoms with Crippen LogP contribution < -0.4 is 10.6 Å². The number of nitrogens with two attached hydrogens (primary N) is 1. The predicted octanol–water partition coefficient (Wildman–Crippen LogP) is 1.74. The molecule has 0 fully saturated rings. The third kappa shape index (κ3) is 3.40. The Labute approximate surface area is 118 Å². The number of aromatic carboxylic acids is 1. The zero-order chi connectivity index (χ0) is 15.3. The molecule has 1 atom stereocenters. The van der Waals surface area contributed by atoms with Crippen LogP contribution in [0.15, 0.2) is 18.2 Å². The van der Waals surface area contributed by atoms with E-state index in [0.717, 1.165) is 0 Å². The highest BCUT2D eigenvalue weighted by Gasteiger charge is 2.26. The molecule has 0 aliphatic heterocycles. The van der Waals surface area contributed by atoms with E-state index in [1.807, 2.05) is 6.92 Å². The summed E-state index contributed by atoms with van der Waals surface area (Å²) in [6.45, 7) is 3.86. The van der Waals surface area contributed by atoms with Crippen LogP contribution in [0.3, 0.4) is 0 Å². The molecule has 0 amide bonds. The zero-order valence-electron chi connectivity index (χ0n) is 11.9. The Bertz CT molecular complexity index is 502. The quantitative estimate of drug-likeness (QED) is 0.609. The number of anilines is 2. The molecule has 0 aromatic heterocycles. The molecular formula is C14H20N2O4. The minimum atomic E-state index is -1.09. The summed E-state index contributed by atoms with van der Waals surface area (Å²) in [5.74, 6) is -1.46. The fourth-order valence-electron chi connectivity index (χ4n) is 2.04. The Hall–Kier alpha value is -2.24. The maximum Gasteiger partial charge on any atom is 0.337 e. The van der Waals surface area contributed by atoms with Crippen molar-refractivity contribution in [1.82, 2.24) is 0 Å². The predicted molar refractivity (Wildman–Crippen MR) is 76.9 cm³/mol. The van der Waals surface area contributed by atoms with Crippen molar-refractivity contribution in [2.45, 2.75) is 26.3 Å². The second-order valence-corrected chi connectivity index (χ2v) is 4.37. The number of benzene rings is 1. The van der Waals surface area contributed by atoms with Gasteiger partial charge in [0.2, 0.25) is 0 Å². The number of carbonyl (C=O) groups is 2. The summed E-state index contributed by atoms with van der Waals surface area (Å²) in [5.41, 5.74) is 6.47. The lowest BCUT2D eigenvalue weighted by atomic mass is 10.1. The first-order valence-electron chi connectivity index (χ1n) is 6.44. The number of esters is 1. The van der Waals surface area contributed by atoms with Crippen molar-refractivity contribution in [2.75, 3.05) is 24.3 Å². The zero-order valence-corrected chi connectivity index (χ0v) is 11.9. The van der Waals surface area contributed by atoms with Gasteiger partial charge in [-0.1, -0.05) is 6.92 Å². The number of hydrogen-bond acceptors (Lipinski definition) is 5. The first-order chi connectivity index (χ1) is 9.42. The van der Waals surface area contributed by atoms with Crippen molar-refractivity contribution in [3.05, 3.63) is 23.8 Å². The number of likely N-dealkylation sites (N-methyl/N-ethyl adjacent to an activating group) is 1. The third-order valence-corrected chi connectivity index (χ3v) is 3.04. The van der Waals surface area contributed by atoms with Crippen molar-refractivity contribution >= 4 is 23.3 Å². The molecule has 6 nitrogen and oxygen atoms in total. The fourth-order valence-corrected chi connectivity index (χ4v) is 2.04. The number of nitrogens with zero attached hydrogens (tertiary/aromatic N) is 1. The number of ether oxygens (including phenoxy) is 1. The van der Waals surface area contributed by atoms with Crippen LogP contribution in [0.25, 0.3) is 0 Å². The number of rotatable bonds is 6. The van der Waals surface area contributed by atoms with Crippen molar-refractivity contribution in [3.63, 3.8) is 0 Å². The van der Waals surface area contributed by atoms with Gasteiger partial charge in [-0.2, -0.15) is 0 Å². The van der Waals surface area contributed by atoms with Gasteiger partial charge < -0.3 is 20.5 Å². The molecule has 20 heavy (non-hydrogen) atoms. The molecule has 0 aliphatic rings. The maximum absolute atomic E-state index is 11.9. The molecule has 1 aromatic rings. The van der Waals surface area contributed by atoms with Gasteiger partial charge >= 0.3 is 11.9 Å². The Balaban J connectivity index is 3.15. The summed E-state index contributed by atoms with van der Waals surface area (Å²) in [6, 6.07) is 4.06. The Kier molecular flexibility index (Phi) is 5.37. The smallest absolute Gasteiger partial charge is 0.337 e. The highest BCUT2D eigenvalue weighted by Crippen LogP contribution is 2.25. The van der Waals surface area contributed by atoms with E-state index >= 15 is 0 Å². The molecule has 1 unspecified atom stereocenters. The largest absolute Gasteiger partial charge is 0.478 e. The molecule has 6 heteroatoms. The van der Waals surface area contributed by atoms with Crippen LogP contribution in [-0.4, -0.2) is 36.7 Å². The minimum absolute atomic E-state index is 0.0650. The van der Waals surface area contributed by atoms with Crippen molar-refractivity contribution in [1.29, 1.82) is 0 Å². The molecular weight excluding hydrogens is 260 g/mol. The highest BCUT2D eigenvalue weighted by molar-refractivity contribution is 5.96. The first-order valence-corrected chi connectivity index (χ1v) is 6.44. The van der Waals surface area contributed by atoms with E-state index in [0.29, 0.717) is 17.8 Å². The van der Waals surface area contributed by atoms with Crippen LogP contribution in [0.2, 0.25) is 0 Å². The summed E-state index contributed by atoms with van der Waals surface area (Å²) in [7, 11) is 1.67. The number of nitrogen functional groups attached to an aromatic ring is 1. The van der Waals surface area contributed by atoms with Crippen LogP contribution in [0.1, 0.15) is 30.6 Å². The lowest BCUT2D eigenvalue weighted by Crippen LogP contribution is -2.40. The van der Waals surface area contributed by atoms with Crippen LogP contribution >= 0.6 is 0 Å². The van der Waals surface area contributed by atoms with Crippen LogP contribution in [0, 0.1) is 0 Å². The Morgan fingerprint density at radius 3 is 2.55 bits per heavy atom. The van der Waals surface area contributed by atoms with Gasteiger partial charge in [-0.3, -0.25) is 0 Å². The monoisotopic (exact) mass is 280 g/mol. The van der Waals surface area contributed by atoms with Gasteiger partial charge in [0, 0.05) is 12.7 Å². The summed E-state index contributed by atoms with van der Waals surface area (Å²) in [5, 5.41) is 9.24. The van der Waals surface area contributed by atoms with Gasteiger partial charge in [0.1, 0.15) is 6.04 Å². The number of carbonyl (C=O) groups excluding carboxylic acids is 1.